The Hall–Kier alpha value is -1.04. The van der Waals surface area contributed by atoms with Gasteiger partial charge in [-0.15, -0.1) is 0 Å². The average molecular weight is 238 g/mol. The minimum atomic E-state index is 0.779. The second kappa shape index (κ2) is 8.11. The predicted molar refractivity (Wildman–Crippen MR) is 67.8 cm³/mol. The molecule has 0 aliphatic carbocycles. The monoisotopic (exact) mass is 238 g/mol. The Labute approximate surface area is 103 Å². The second-order valence-corrected chi connectivity index (χ2v) is 4.07. The van der Waals surface area contributed by atoms with Crippen LogP contribution in [0.5, 0.6) is 0 Å². The maximum absolute atomic E-state index is 5.02. The molecule has 96 valence electrons. The summed E-state index contributed by atoms with van der Waals surface area (Å²) in [6, 6.07) is 1.94. The number of methoxy groups -OCH3 is 1. The summed E-state index contributed by atoms with van der Waals surface area (Å²) in [5, 5.41) is 3.36. The second-order valence-electron chi connectivity index (χ2n) is 4.07. The van der Waals surface area contributed by atoms with Gasteiger partial charge in [0.1, 0.15) is 5.82 Å². The van der Waals surface area contributed by atoms with Crippen LogP contribution in [0.4, 0.5) is 0 Å². The summed E-state index contributed by atoms with van der Waals surface area (Å²) < 4.78 is 5.02. The van der Waals surface area contributed by atoms with E-state index in [1.807, 2.05) is 13.0 Å². The number of aromatic nitrogens is 2. The van der Waals surface area contributed by atoms with Gasteiger partial charge in [-0.05, 0) is 20.0 Å². The molecule has 0 fully saturated rings. The van der Waals surface area contributed by atoms with Crippen LogP contribution in [0.25, 0.3) is 0 Å². The predicted octanol–water partition coefficient (Wildman–Crippen LogP) is 0.453. The average Bonchev–Trinajstić information content (AvgIpc) is 2.32. The van der Waals surface area contributed by atoms with E-state index in [2.05, 4.69) is 27.2 Å². The van der Waals surface area contributed by atoms with Crippen LogP contribution in [0, 0.1) is 6.92 Å². The van der Waals surface area contributed by atoms with Crippen molar-refractivity contribution in [3.8, 4) is 0 Å². The summed E-state index contributed by atoms with van der Waals surface area (Å²) in [6.07, 6.45) is 1.80. The van der Waals surface area contributed by atoms with Crippen LogP contribution in [0.15, 0.2) is 12.3 Å². The van der Waals surface area contributed by atoms with Gasteiger partial charge in [-0.1, -0.05) is 0 Å². The van der Waals surface area contributed by atoms with Gasteiger partial charge in [0.15, 0.2) is 0 Å². The van der Waals surface area contributed by atoms with Gasteiger partial charge in [0.2, 0.25) is 0 Å². The van der Waals surface area contributed by atoms with Crippen LogP contribution in [-0.4, -0.2) is 55.3 Å². The van der Waals surface area contributed by atoms with Crippen molar-refractivity contribution in [2.24, 2.45) is 0 Å². The van der Waals surface area contributed by atoms with Crippen molar-refractivity contribution < 1.29 is 4.74 Å². The SMILES string of the molecule is COCCN(C)CCNCc1ccnc(C)n1. The molecule has 0 amide bonds. The van der Waals surface area contributed by atoms with Crippen molar-refractivity contribution >= 4 is 0 Å². The van der Waals surface area contributed by atoms with E-state index in [0.717, 1.165) is 44.3 Å². The largest absolute Gasteiger partial charge is 0.383 e. The van der Waals surface area contributed by atoms with Gasteiger partial charge < -0.3 is 15.0 Å². The van der Waals surface area contributed by atoms with Crippen molar-refractivity contribution in [2.75, 3.05) is 40.4 Å². The molecule has 0 aliphatic heterocycles. The quantitative estimate of drug-likeness (QED) is 0.667. The highest BCUT2D eigenvalue weighted by Gasteiger charge is 1.98. The minimum Gasteiger partial charge on any atom is -0.383 e. The molecule has 1 aromatic heterocycles. The Balaban J connectivity index is 2.11. The number of hydrogen-bond donors (Lipinski definition) is 1. The van der Waals surface area contributed by atoms with E-state index in [9.17, 15) is 0 Å². The van der Waals surface area contributed by atoms with E-state index < -0.39 is 0 Å². The van der Waals surface area contributed by atoms with E-state index in [4.69, 9.17) is 4.74 Å². The van der Waals surface area contributed by atoms with Crippen LogP contribution in [0.2, 0.25) is 0 Å². The van der Waals surface area contributed by atoms with Crippen molar-refractivity contribution in [3.63, 3.8) is 0 Å². The first kappa shape index (κ1) is 14.0. The third-order valence-electron chi connectivity index (χ3n) is 2.49. The van der Waals surface area contributed by atoms with E-state index >= 15 is 0 Å². The van der Waals surface area contributed by atoms with Crippen molar-refractivity contribution in [1.82, 2.24) is 20.2 Å². The lowest BCUT2D eigenvalue weighted by molar-refractivity contribution is 0.161. The number of ether oxygens (including phenoxy) is 1. The number of likely N-dealkylation sites (N-methyl/N-ethyl adjacent to an activating group) is 1. The number of nitrogens with one attached hydrogen (secondary N) is 1. The molecule has 0 saturated heterocycles. The normalized spacial score (nSPS) is 11.1. The topological polar surface area (TPSA) is 50.3 Å². The number of aryl methyl sites for hydroxylation is 1. The molecular formula is C12H22N4O. The zero-order chi connectivity index (χ0) is 12.5. The Bertz CT molecular complexity index is 319. The summed E-state index contributed by atoms with van der Waals surface area (Å²) in [5.41, 5.74) is 1.04. The lowest BCUT2D eigenvalue weighted by Gasteiger charge is -2.16. The molecule has 17 heavy (non-hydrogen) atoms. The molecule has 0 aromatic carbocycles. The van der Waals surface area contributed by atoms with Gasteiger partial charge in [-0.3, -0.25) is 0 Å². The molecule has 5 heteroatoms. The van der Waals surface area contributed by atoms with E-state index in [1.54, 1.807) is 13.3 Å². The molecule has 1 heterocycles. The fraction of sp³-hybridized carbons (Fsp3) is 0.667. The first-order chi connectivity index (χ1) is 8.22. The number of rotatable bonds is 8. The molecule has 0 saturated carbocycles. The first-order valence-corrected chi connectivity index (χ1v) is 5.89. The molecule has 0 spiro atoms. The summed E-state index contributed by atoms with van der Waals surface area (Å²) in [4.78, 5) is 10.6. The van der Waals surface area contributed by atoms with Crippen molar-refractivity contribution in [1.29, 1.82) is 0 Å². The fourth-order valence-electron chi connectivity index (χ4n) is 1.45. The Morgan fingerprint density at radius 3 is 2.94 bits per heavy atom. The molecule has 1 rings (SSSR count). The molecule has 0 radical (unpaired) electrons. The third kappa shape index (κ3) is 6.31. The molecule has 1 aromatic rings. The van der Waals surface area contributed by atoms with E-state index in [0.29, 0.717) is 0 Å². The fourth-order valence-corrected chi connectivity index (χ4v) is 1.45. The maximum atomic E-state index is 5.02. The highest BCUT2D eigenvalue weighted by molar-refractivity contribution is 5.00. The molecule has 0 aliphatic rings. The molecule has 0 atom stereocenters. The first-order valence-electron chi connectivity index (χ1n) is 5.89. The molecule has 0 bridgehead atoms. The van der Waals surface area contributed by atoms with E-state index in [1.165, 1.54) is 0 Å². The molecule has 0 unspecified atom stereocenters. The maximum Gasteiger partial charge on any atom is 0.125 e. The zero-order valence-corrected chi connectivity index (χ0v) is 10.9. The lowest BCUT2D eigenvalue weighted by atomic mass is 10.4. The highest BCUT2D eigenvalue weighted by Crippen LogP contribution is 1.93. The van der Waals surface area contributed by atoms with Crippen molar-refractivity contribution in [2.45, 2.75) is 13.5 Å². The highest BCUT2D eigenvalue weighted by atomic mass is 16.5. The third-order valence-corrected chi connectivity index (χ3v) is 2.49. The molecule has 5 nitrogen and oxygen atoms in total. The molecular weight excluding hydrogens is 216 g/mol. The number of hydrogen-bond acceptors (Lipinski definition) is 5. The summed E-state index contributed by atoms with van der Waals surface area (Å²) in [5.74, 6) is 0.821. The summed E-state index contributed by atoms with van der Waals surface area (Å²) in [7, 11) is 3.82. The number of nitrogens with zero attached hydrogens (tertiary/aromatic N) is 3. The smallest absolute Gasteiger partial charge is 0.125 e. The van der Waals surface area contributed by atoms with Gasteiger partial charge in [0.25, 0.3) is 0 Å². The Morgan fingerprint density at radius 1 is 1.41 bits per heavy atom. The summed E-state index contributed by atoms with van der Waals surface area (Å²) >= 11 is 0. The van der Waals surface area contributed by atoms with Gasteiger partial charge in [0.05, 0.1) is 12.3 Å². The van der Waals surface area contributed by atoms with Gasteiger partial charge in [0, 0.05) is 39.5 Å². The van der Waals surface area contributed by atoms with Crippen LogP contribution < -0.4 is 5.32 Å². The van der Waals surface area contributed by atoms with Crippen LogP contribution >= 0.6 is 0 Å². The Morgan fingerprint density at radius 2 is 2.24 bits per heavy atom. The Kier molecular flexibility index (Phi) is 6.69. The van der Waals surface area contributed by atoms with Crippen LogP contribution in [0.3, 0.4) is 0 Å². The molecule has 1 N–H and O–H groups in total. The van der Waals surface area contributed by atoms with Crippen LogP contribution in [-0.2, 0) is 11.3 Å². The van der Waals surface area contributed by atoms with Crippen molar-refractivity contribution in [3.05, 3.63) is 23.8 Å². The lowest BCUT2D eigenvalue weighted by Crippen LogP contribution is -2.31. The van der Waals surface area contributed by atoms with Crippen LogP contribution in [0.1, 0.15) is 11.5 Å². The minimum absolute atomic E-state index is 0.779. The van der Waals surface area contributed by atoms with Gasteiger partial charge >= 0.3 is 0 Å². The standard InChI is InChI=1S/C12H22N4O/c1-11-14-5-4-12(15-11)10-13-6-7-16(2)8-9-17-3/h4-5,13H,6-10H2,1-3H3. The summed E-state index contributed by atoms with van der Waals surface area (Å²) in [6.45, 7) is 6.40. The van der Waals surface area contributed by atoms with Gasteiger partial charge in [-0.2, -0.15) is 0 Å². The van der Waals surface area contributed by atoms with E-state index in [-0.39, 0.29) is 0 Å². The van der Waals surface area contributed by atoms with Gasteiger partial charge in [-0.25, -0.2) is 9.97 Å². The zero-order valence-electron chi connectivity index (χ0n) is 10.9.